The number of alkyl halides is 3. The normalized spacial score (nSPS) is 17.3. The fraction of sp³-hybridized carbons (Fsp3) is 0.345. The fourth-order valence-corrected chi connectivity index (χ4v) is 8.10. The maximum Gasteiger partial charge on any atom is 0.417 e. The van der Waals surface area contributed by atoms with Gasteiger partial charge in [-0.15, -0.1) is 0 Å². The summed E-state index contributed by atoms with van der Waals surface area (Å²) in [5.41, 5.74) is 0.517. The lowest BCUT2D eigenvalue weighted by atomic mass is 9.97. The number of aromatic nitrogens is 3. The zero-order valence-electron chi connectivity index (χ0n) is 23.6. The molecule has 0 atom stereocenters. The monoisotopic (exact) mass is 680 g/mol. The van der Waals surface area contributed by atoms with E-state index in [1.165, 1.54) is 22.5 Å². The van der Waals surface area contributed by atoms with E-state index in [2.05, 4.69) is 19.9 Å². The number of halogens is 4. The van der Waals surface area contributed by atoms with Gasteiger partial charge >= 0.3 is 16.4 Å². The molecule has 2 fully saturated rings. The molecule has 45 heavy (non-hydrogen) atoms. The summed E-state index contributed by atoms with van der Waals surface area (Å²) in [5, 5.41) is 19.0. The highest BCUT2D eigenvalue weighted by Gasteiger charge is 2.35. The summed E-state index contributed by atoms with van der Waals surface area (Å²) >= 11 is 7.02. The summed E-state index contributed by atoms with van der Waals surface area (Å²) in [4.78, 5) is 19.3. The molecule has 2 aromatic carbocycles. The number of benzene rings is 2. The van der Waals surface area contributed by atoms with Gasteiger partial charge in [-0.1, -0.05) is 35.1 Å². The van der Waals surface area contributed by atoms with Crippen molar-refractivity contribution in [3.05, 3.63) is 69.2 Å². The van der Waals surface area contributed by atoms with Crippen LogP contribution in [0.2, 0.25) is 5.02 Å². The number of thiazole rings is 1. The highest BCUT2D eigenvalue weighted by atomic mass is 35.5. The van der Waals surface area contributed by atoms with Crippen molar-refractivity contribution in [2.24, 2.45) is 5.92 Å². The number of carbonyl (C=O) groups excluding carboxylic acids is 1. The molecule has 6 rings (SSSR count). The standard InChI is InChI=1S/C29H28ClF3N6O4S2/c30-21-5-3-19(23(15-21)29(31,32)33)14-22(18-4-6-24-20(13-18)16-34-36-24)25-27(41)35-28(44-25)38-11-7-17(8-12-38)26(40)37-45(42,43)39-9-1-2-10-39/h3-6,13-17,41H,1-2,7-12H2,(H,34,36)(H,37,40). The molecular weight excluding hydrogens is 653 g/mol. The number of nitrogens with zero attached hydrogens (tertiary/aromatic N) is 4. The number of fused-ring (bicyclic) bond motifs is 1. The Morgan fingerprint density at radius 1 is 1.11 bits per heavy atom. The molecule has 2 saturated heterocycles. The molecule has 4 heterocycles. The van der Waals surface area contributed by atoms with Gasteiger partial charge in [0.2, 0.25) is 11.8 Å². The molecule has 0 radical (unpaired) electrons. The zero-order chi connectivity index (χ0) is 31.9. The van der Waals surface area contributed by atoms with Gasteiger partial charge in [0.05, 0.1) is 17.3 Å². The Labute approximate surface area is 265 Å². The van der Waals surface area contributed by atoms with E-state index in [4.69, 9.17) is 11.6 Å². The van der Waals surface area contributed by atoms with Gasteiger partial charge in [-0.25, -0.2) is 4.72 Å². The van der Waals surface area contributed by atoms with Gasteiger partial charge in [0.15, 0.2) is 5.13 Å². The van der Waals surface area contributed by atoms with Crippen molar-refractivity contribution >= 4 is 66.7 Å². The lowest BCUT2D eigenvalue weighted by Crippen LogP contribution is -2.46. The number of hydrogen-bond acceptors (Lipinski definition) is 8. The molecule has 4 aromatic rings. The van der Waals surface area contributed by atoms with Crippen molar-refractivity contribution in [1.29, 1.82) is 0 Å². The van der Waals surface area contributed by atoms with E-state index >= 15 is 0 Å². The zero-order valence-corrected chi connectivity index (χ0v) is 26.0. The van der Waals surface area contributed by atoms with Gasteiger partial charge in [0.25, 0.3) is 0 Å². The van der Waals surface area contributed by atoms with Crippen molar-refractivity contribution in [2.45, 2.75) is 31.9 Å². The highest BCUT2D eigenvalue weighted by molar-refractivity contribution is 7.87. The molecule has 2 aliphatic rings. The first kappa shape index (κ1) is 31.3. The van der Waals surface area contributed by atoms with Crippen molar-refractivity contribution < 1.29 is 31.5 Å². The van der Waals surface area contributed by atoms with Crippen LogP contribution in [0, 0.1) is 5.92 Å². The van der Waals surface area contributed by atoms with Crippen LogP contribution in [0.4, 0.5) is 18.3 Å². The number of H-pyrrole nitrogens is 1. The van der Waals surface area contributed by atoms with Crippen LogP contribution >= 0.6 is 22.9 Å². The molecule has 10 nitrogen and oxygen atoms in total. The average Bonchev–Trinajstić information content (AvgIpc) is 3.77. The van der Waals surface area contributed by atoms with E-state index in [0.717, 1.165) is 41.1 Å². The van der Waals surface area contributed by atoms with Crippen LogP contribution in [0.25, 0.3) is 22.6 Å². The highest BCUT2D eigenvalue weighted by Crippen LogP contribution is 2.43. The lowest BCUT2D eigenvalue weighted by molar-refractivity contribution is -0.137. The lowest BCUT2D eigenvalue weighted by Gasteiger charge is -2.31. The molecule has 0 spiro atoms. The first-order chi connectivity index (χ1) is 21.4. The fourth-order valence-electron chi connectivity index (χ4n) is 5.59. The number of anilines is 1. The van der Waals surface area contributed by atoms with Gasteiger partial charge in [-0.2, -0.15) is 36.0 Å². The van der Waals surface area contributed by atoms with Crippen molar-refractivity contribution in [1.82, 2.24) is 24.2 Å². The van der Waals surface area contributed by atoms with Crippen LogP contribution in [-0.2, 0) is 21.2 Å². The molecule has 0 unspecified atom stereocenters. The number of amides is 1. The molecule has 0 saturated carbocycles. The summed E-state index contributed by atoms with van der Waals surface area (Å²) in [7, 11) is -3.88. The Balaban J connectivity index is 1.28. The molecule has 3 N–H and O–H groups in total. The van der Waals surface area contributed by atoms with E-state index in [0.29, 0.717) is 55.3 Å². The summed E-state index contributed by atoms with van der Waals surface area (Å²) in [5.74, 6) is -1.42. The summed E-state index contributed by atoms with van der Waals surface area (Å²) in [6.45, 7) is 1.50. The molecule has 16 heteroatoms. The quantitative estimate of drug-likeness (QED) is 0.215. The summed E-state index contributed by atoms with van der Waals surface area (Å²) in [6, 6.07) is 8.73. The molecule has 2 aliphatic heterocycles. The van der Waals surface area contributed by atoms with Crippen LogP contribution in [0.1, 0.15) is 47.3 Å². The van der Waals surface area contributed by atoms with E-state index < -0.39 is 33.8 Å². The van der Waals surface area contributed by atoms with Gasteiger partial charge in [0.1, 0.15) is 4.88 Å². The smallest absolute Gasteiger partial charge is 0.417 e. The van der Waals surface area contributed by atoms with Crippen molar-refractivity contribution in [3.8, 4) is 5.88 Å². The Kier molecular flexibility index (Phi) is 8.54. The second kappa shape index (κ2) is 12.3. The maximum atomic E-state index is 14.0. The number of rotatable bonds is 7. The second-order valence-electron chi connectivity index (χ2n) is 10.9. The molecule has 2 aromatic heterocycles. The minimum atomic E-state index is -4.68. The number of aromatic hydroxyl groups is 1. The number of nitrogens with one attached hydrogen (secondary N) is 2. The third kappa shape index (κ3) is 6.66. The third-order valence-corrected chi connectivity index (χ3v) is 10.9. The van der Waals surface area contributed by atoms with Gasteiger partial charge in [-0.3, -0.25) is 9.89 Å². The van der Waals surface area contributed by atoms with Gasteiger partial charge < -0.3 is 10.0 Å². The SMILES string of the molecule is O=C(NS(=O)(=O)N1CCCC1)C1CCN(c2nc(O)c(C(=Cc3ccc(Cl)cc3C(F)(F)F)c3ccc4[nH]ncc4c3)s2)CC1. The van der Waals surface area contributed by atoms with Crippen LogP contribution in [0.5, 0.6) is 5.88 Å². The van der Waals surface area contributed by atoms with Crippen molar-refractivity contribution in [3.63, 3.8) is 0 Å². The summed E-state index contributed by atoms with van der Waals surface area (Å²) in [6.07, 6.45) is 0.501. The minimum absolute atomic E-state index is 0.0607. The van der Waals surface area contributed by atoms with Gasteiger partial charge in [0, 0.05) is 48.1 Å². The van der Waals surface area contributed by atoms with Crippen LogP contribution in [0.3, 0.4) is 0 Å². The first-order valence-corrected chi connectivity index (χ1v) is 16.8. The average molecular weight is 681 g/mol. The molecule has 0 aliphatic carbocycles. The minimum Gasteiger partial charge on any atom is -0.492 e. The number of aromatic amines is 1. The summed E-state index contributed by atoms with van der Waals surface area (Å²) < 4.78 is 70.6. The molecular formula is C29H28ClF3N6O4S2. The van der Waals surface area contributed by atoms with E-state index in [1.54, 1.807) is 24.4 Å². The Hall–Kier alpha value is -3.66. The Bertz CT molecular complexity index is 1880. The van der Waals surface area contributed by atoms with E-state index in [1.807, 2.05) is 4.90 Å². The Morgan fingerprint density at radius 2 is 1.84 bits per heavy atom. The van der Waals surface area contributed by atoms with Crippen molar-refractivity contribution in [2.75, 3.05) is 31.1 Å². The van der Waals surface area contributed by atoms with E-state index in [9.17, 15) is 31.5 Å². The largest absolute Gasteiger partial charge is 0.492 e. The predicted octanol–water partition coefficient (Wildman–Crippen LogP) is 5.66. The Morgan fingerprint density at radius 3 is 2.56 bits per heavy atom. The maximum absolute atomic E-state index is 14.0. The first-order valence-electron chi connectivity index (χ1n) is 14.2. The van der Waals surface area contributed by atoms with Gasteiger partial charge in [-0.05, 0) is 67.2 Å². The number of piperidine rings is 1. The number of carbonyl (C=O) groups is 1. The van der Waals surface area contributed by atoms with Crippen LogP contribution < -0.4 is 9.62 Å². The molecule has 0 bridgehead atoms. The second-order valence-corrected chi connectivity index (χ2v) is 14.0. The third-order valence-electron chi connectivity index (χ3n) is 7.99. The molecule has 238 valence electrons. The van der Waals surface area contributed by atoms with Crippen LogP contribution in [-0.4, -0.2) is 65.1 Å². The van der Waals surface area contributed by atoms with E-state index in [-0.39, 0.29) is 21.3 Å². The number of hydrogen-bond donors (Lipinski definition) is 3. The topological polar surface area (TPSA) is 132 Å². The van der Waals surface area contributed by atoms with Crippen LogP contribution in [0.15, 0.2) is 42.6 Å². The molecule has 1 amide bonds. The predicted molar refractivity (Wildman–Crippen MR) is 166 cm³/mol.